The minimum Gasteiger partial charge on any atom is -0.368 e. The van der Waals surface area contributed by atoms with Gasteiger partial charge in [0.05, 0.1) is 17.0 Å². The van der Waals surface area contributed by atoms with Gasteiger partial charge in [-0.15, -0.1) is 0 Å². The van der Waals surface area contributed by atoms with E-state index in [-0.39, 0.29) is 5.95 Å². The van der Waals surface area contributed by atoms with E-state index >= 15 is 0 Å². The normalized spacial score (nSPS) is 10.0. The van der Waals surface area contributed by atoms with Gasteiger partial charge in [0.25, 0.3) is 0 Å². The number of anilines is 2. The Kier molecular flexibility index (Phi) is 4.85. The molecule has 0 aliphatic heterocycles. The molecule has 0 saturated heterocycles. The molecule has 0 bridgehead atoms. The molecule has 20 heavy (non-hydrogen) atoms. The molecule has 2 rings (SSSR count). The van der Waals surface area contributed by atoms with E-state index in [0.29, 0.717) is 25.3 Å². The van der Waals surface area contributed by atoms with E-state index in [4.69, 9.17) is 11.0 Å². The first-order valence-corrected chi connectivity index (χ1v) is 6.79. The van der Waals surface area contributed by atoms with Crippen molar-refractivity contribution >= 4 is 27.7 Å². The molecule has 0 atom stereocenters. The average molecular weight is 333 g/mol. The Bertz CT molecular complexity index is 610. The average Bonchev–Trinajstić information content (AvgIpc) is 2.47. The van der Waals surface area contributed by atoms with Crippen LogP contribution in [0.4, 0.5) is 11.8 Å². The number of nitrogen functional groups attached to an aromatic ring is 1. The molecular weight excluding hydrogens is 320 g/mol. The largest absolute Gasteiger partial charge is 0.368 e. The number of pyridine rings is 1. The lowest BCUT2D eigenvalue weighted by Gasteiger charge is -2.23. The molecule has 0 aliphatic carbocycles. The zero-order chi connectivity index (χ0) is 14.4. The van der Waals surface area contributed by atoms with Gasteiger partial charge < -0.3 is 10.6 Å². The Morgan fingerprint density at radius 3 is 2.95 bits per heavy atom. The first-order valence-electron chi connectivity index (χ1n) is 5.99. The number of nitrogens with two attached hydrogens (primary N) is 1. The van der Waals surface area contributed by atoms with Gasteiger partial charge in [-0.25, -0.2) is 4.98 Å². The quantitative estimate of drug-likeness (QED) is 0.901. The topological polar surface area (TPSA) is 91.7 Å². The van der Waals surface area contributed by atoms with Gasteiger partial charge in [-0.3, -0.25) is 4.98 Å². The van der Waals surface area contributed by atoms with Crippen molar-refractivity contribution < 1.29 is 0 Å². The lowest BCUT2D eigenvalue weighted by Crippen LogP contribution is -2.25. The summed E-state index contributed by atoms with van der Waals surface area (Å²) in [6.45, 7) is 1.16. The number of nitrogens with zero attached hydrogens (tertiary/aromatic N) is 5. The molecule has 2 heterocycles. The highest BCUT2D eigenvalue weighted by atomic mass is 79.9. The van der Waals surface area contributed by atoms with Crippen LogP contribution in [-0.4, -0.2) is 21.5 Å². The van der Waals surface area contributed by atoms with Crippen molar-refractivity contribution in [3.8, 4) is 6.07 Å². The standard InChI is InChI=1S/C13H13BrN6/c14-11-8-18-13(16)19-12(11)20(6-2-4-15)9-10-3-1-5-17-7-10/h1,3,5,7-8H,2,6,9H2,(H2,16,18,19). The third-order valence-corrected chi connectivity index (χ3v) is 3.19. The van der Waals surface area contributed by atoms with Gasteiger partial charge in [-0.2, -0.15) is 10.2 Å². The van der Waals surface area contributed by atoms with Gasteiger partial charge in [0.1, 0.15) is 5.82 Å². The Morgan fingerprint density at radius 1 is 1.40 bits per heavy atom. The number of hydrogen-bond acceptors (Lipinski definition) is 6. The second-order valence-electron chi connectivity index (χ2n) is 4.09. The van der Waals surface area contributed by atoms with Gasteiger partial charge in [-0.1, -0.05) is 6.07 Å². The maximum absolute atomic E-state index is 8.79. The summed E-state index contributed by atoms with van der Waals surface area (Å²) in [6, 6.07) is 5.99. The first-order chi connectivity index (χ1) is 9.70. The van der Waals surface area contributed by atoms with Crippen molar-refractivity contribution in [3.63, 3.8) is 0 Å². The molecule has 0 unspecified atom stereocenters. The minimum absolute atomic E-state index is 0.205. The van der Waals surface area contributed by atoms with Gasteiger partial charge in [0, 0.05) is 31.7 Å². The lowest BCUT2D eigenvalue weighted by atomic mass is 10.2. The van der Waals surface area contributed by atoms with E-state index in [0.717, 1.165) is 10.0 Å². The fraction of sp³-hybridized carbons (Fsp3) is 0.231. The summed E-state index contributed by atoms with van der Waals surface area (Å²) in [6.07, 6.45) is 5.52. The summed E-state index contributed by atoms with van der Waals surface area (Å²) in [5, 5.41) is 8.79. The van der Waals surface area contributed by atoms with E-state index in [1.54, 1.807) is 18.6 Å². The second kappa shape index (κ2) is 6.82. The van der Waals surface area contributed by atoms with Crippen molar-refractivity contribution in [1.82, 2.24) is 15.0 Å². The number of rotatable bonds is 5. The molecule has 102 valence electrons. The van der Waals surface area contributed by atoms with Crippen LogP contribution in [0.3, 0.4) is 0 Å². The van der Waals surface area contributed by atoms with Crippen LogP contribution in [0.25, 0.3) is 0 Å². The maximum Gasteiger partial charge on any atom is 0.222 e. The Hall–Kier alpha value is -2.20. The predicted octanol–water partition coefficient (Wildman–Crippen LogP) is 2.14. The molecule has 2 aromatic rings. The van der Waals surface area contributed by atoms with Crippen LogP contribution in [0.1, 0.15) is 12.0 Å². The molecule has 7 heteroatoms. The van der Waals surface area contributed by atoms with Crippen molar-refractivity contribution in [2.75, 3.05) is 17.2 Å². The Labute approximate surface area is 125 Å². The van der Waals surface area contributed by atoms with Crippen molar-refractivity contribution in [2.24, 2.45) is 0 Å². The highest BCUT2D eigenvalue weighted by Gasteiger charge is 2.13. The number of hydrogen-bond donors (Lipinski definition) is 1. The summed E-state index contributed by atoms with van der Waals surface area (Å²) in [5.41, 5.74) is 6.68. The molecular formula is C13H13BrN6. The third kappa shape index (κ3) is 3.65. The van der Waals surface area contributed by atoms with Crippen molar-refractivity contribution in [2.45, 2.75) is 13.0 Å². The summed E-state index contributed by atoms with van der Waals surface area (Å²) >= 11 is 3.42. The molecule has 0 amide bonds. The molecule has 2 N–H and O–H groups in total. The molecule has 0 spiro atoms. The highest BCUT2D eigenvalue weighted by Crippen LogP contribution is 2.25. The second-order valence-corrected chi connectivity index (χ2v) is 4.95. The van der Waals surface area contributed by atoms with Gasteiger partial charge in [-0.05, 0) is 27.6 Å². The van der Waals surface area contributed by atoms with Crippen LogP contribution in [0.5, 0.6) is 0 Å². The fourth-order valence-electron chi connectivity index (χ4n) is 1.75. The zero-order valence-electron chi connectivity index (χ0n) is 10.7. The molecule has 0 radical (unpaired) electrons. The Balaban J connectivity index is 2.27. The molecule has 2 aromatic heterocycles. The van der Waals surface area contributed by atoms with E-state index in [9.17, 15) is 0 Å². The smallest absolute Gasteiger partial charge is 0.222 e. The fourth-order valence-corrected chi connectivity index (χ4v) is 2.19. The van der Waals surface area contributed by atoms with Crippen LogP contribution in [0.15, 0.2) is 35.2 Å². The van der Waals surface area contributed by atoms with Crippen LogP contribution in [0, 0.1) is 11.3 Å². The van der Waals surface area contributed by atoms with E-state index in [1.165, 1.54) is 0 Å². The number of aromatic nitrogens is 3. The van der Waals surface area contributed by atoms with E-state index in [1.807, 2.05) is 17.0 Å². The van der Waals surface area contributed by atoms with Gasteiger partial charge in [0.2, 0.25) is 5.95 Å². The van der Waals surface area contributed by atoms with E-state index < -0.39 is 0 Å². The summed E-state index contributed by atoms with van der Waals surface area (Å²) in [4.78, 5) is 14.2. The first kappa shape index (κ1) is 14.2. The van der Waals surface area contributed by atoms with Gasteiger partial charge >= 0.3 is 0 Å². The van der Waals surface area contributed by atoms with Crippen molar-refractivity contribution in [1.29, 1.82) is 5.26 Å². The lowest BCUT2D eigenvalue weighted by molar-refractivity contribution is 0.776. The molecule has 0 saturated carbocycles. The van der Waals surface area contributed by atoms with Crippen LogP contribution in [0.2, 0.25) is 0 Å². The zero-order valence-corrected chi connectivity index (χ0v) is 12.3. The predicted molar refractivity (Wildman–Crippen MR) is 79.7 cm³/mol. The summed E-state index contributed by atoms with van der Waals surface area (Å²) in [5.74, 6) is 0.882. The number of nitriles is 1. The SMILES string of the molecule is N#CCCN(Cc1cccnc1)c1nc(N)ncc1Br. The molecule has 0 aromatic carbocycles. The van der Waals surface area contributed by atoms with Crippen molar-refractivity contribution in [3.05, 3.63) is 40.8 Å². The highest BCUT2D eigenvalue weighted by molar-refractivity contribution is 9.10. The molecule has 0 aliphatic rings. The Morgan fingerprint density at radius 2 is 2.25 bits per heavy atom. The maximum atomic E-state index is 8.79. The van der Waals surface area contributed by atoms with Gasteiger partial charge in [0.15, 0.2) is 0 Å². The molecule has 0 fully saturated rings. The van der Waals surface area contributed by atoms with E-state index in [2.05, 4.69) is 37.0 Å². The monoisotopic (exact) mass is 332 g/mol. The summed E-state index contributed by atoms with van der Waals surface area (Å²) < 4.78 is 0.744. The van der Waals surface area contributed by atoms with Crippen LogP contribution < -0.4 is 10.6 Å². The number of halogens is 1. The molecule has 6 nitrogen and oxygen atoms in total. The third-order valence-electron chi connectivity index (χ3n) is 2.63. The minimum atomic E-state index is 0.205. The summed E-state index contributed by atoms with van der Waals surface area (Å²) in [7, 11) is 0. The van der Waals surface area contributed by atoms with Crippen LogP contribution >= 0.6 is 15.9 Å². The van der Waals surface area contributed by atoms with Crippen LogP contribution in [-0.2, 0) is 6.54 Å².